The number of aryl methyl sites for hydroxylation is 1. The average molecular weight is 490 g/mol. The van der Waals surface area contributed by atoms with Gasteiger partial charge in [0.25, 0.3) is 0 Å². The lowest BCUT2D eigenvalue weighted by Crippen LogP contribution is -2.51. The number of carbonyl (C=O) groups is 1. The fourth-order valence-corrected chi connectivity index (χ4v) is 4.47. The molecule has 4 rings (SSSR count). The minimum atomic E-state index is -4.37. The molecule has 1 aliphatic rings. The van der Waals surface area contributed by atoms with Crippen LogP contribution in [0.1, 0.15) is 22.5 Å². The van der Waals surface area contributed by atoms with E-state index in [1.54, 1.807) is 15.9 Å². The van der Waals surface area contributed by atoms with Gasteiger partial charge in [0.2, 0.25) is 11.0 Å². The van der Waals surface area contributed by atoms with Gasteiger partial charge in [0.05, 0.1) is 12.1 Å². The molecule has 2 aromatic carbocycles. The summed E-state index contributed by atoms with van der Waals surface area (Å²) in [6.07, 6.45) is -3.74. The molecule has 3 aromatic rings. The Morgan fingerprint density at radius 3 is 2.47 bits per heavy atom. The molecule has 10 heteroatoms. The normalized spacial score (nSPS) is 14.4. The summed E-state index contributed by atoms with van der Waals surface area (Å²) >= 11 is 1.26. The van der Waals surface area contributed by atoms with Crippen LogP contribution in [0.15, 0.2) is 48.5 Å². The van der Waals surface area contributed by atoms with E-state index in [0.717, 1.165) is 23.5 Å². The lowest BCUT2D eigenvalue weighted by atomic mass is 10.1. The maximum Gasteiger partial charge on any atom is 0.416 e. The lowest BCUT2D eigenvalue weighted by molar-refractivity contribution is -0.137. The van der Waals surface area contributed by atoms with E-state index in [-0.39, 0.29) is 12.5 Å². The van der Waals surface area contributed by atoms with Gasteiger partial charge in [0.1, 0.15) is 5.82 Å². The van der Waals surface area contributed by atoms with Gasteiger partial charge in [-0.15, -0.1) is 0 Å². The van der Waals surface area contributed by atoms with Crippen molar-refractivity contribution in [3.63, 3.8) is 0 Å². The van der Waals surface area contributed by atoms with Gasteiger partial charge in [0, 0.05) is 56.9 Å². The molecule has 0 bridgehead atoms. The minimum Gasteiger partial charge on any atom is -0.368 e. The van der Waals surface area contributed by atoms with E-state index in [0.29, 0.717) is 43.4 Å². The van der Waals surface area contributed by atoms with Crippen LogP contribution in [0.25, 0.3) is 0 Å². The zero-order valence-corrected chi connectivity index (χ0v) is 19.9. The number of aromatic nitrogens is 2. The third-order valence-corrected chi connectivity index (χ3v) is 6.68. The number of halogens is 3. The second-order valence-corrected chi connectivity index (χ2v) is 9.16. The molecule has 0 saturated carbocycles. The lowest BCUT2D eigenvalue weighted by Gasteiger charge is -2.36. The van der Waals surface area contributed by atoms with Gasteiger partial charge in [0.15, 0.2) is 0 Å². The van der Waals surface area contributed by atoms with Crippen molar-refractivity contribution in [1.29, 1.82) is 0 Å². The first kappa shape index (κ1) is 24.0. The monoisotopic (exact) mass is 489 g/mol. The van der Waals surface area contributed by atoms with Crippen LogP contribution < -0.4 is 9.80 Å². The van der Waals surface area contributed by atoms with Crippen molar-refractivity contribution < 1.29 is 18.0 Å². The first-order valence-electron chi connectivity index (χ1n) is 11.0. The van der Waals surface area contributed by atoms with Crippen LogP contribution in [0.4, 0.5) is 24.0 Å². The number of hydrogen-bond donors (Lipinski definition) is 0. The second kappa shape index (κ2) is 10.0. The van der Waals surface area contributed by atoms with Crippen molar-refractivity contribution in [2.24, 2.45) is 0 Å². The molecule has 1 fully saturated rings. The first-order chi connectivity index (χ1) is 16.2. The summed E-state index contributed by atoms with van der Waals surface area (Å²) in [6, 6.07) is 13.5. The number of rotatable bonds is 6. The summed E-state index contributed by atoms with van der Waals surface area (Å²) in [5, 5.41) is 0.679. The summed E-state index contributed by atoms with van der Waals surface area (Å²) in [7, 11) is 1.81. The van der Waals surface area contributed by atoms with E-state index >= 15 is 0 Å². The SMILES string of the molecule is Cc1ccc(Cc2nsc(N(C)CC(=O)N3CCN(c4cccc(C(F)(F)F)c4)CC3)n2)cc1. The number of hydrogen-bond acceptors (Lipinski definition) is 6. The fourth-order valence-electron chi connectivity index (χ4n) is 3.82. The standard InChI is InChI=1S/C24H26F3N5OS/c1-17-6-8-18(9-7-17)14-21-28-23(34-29-21)30(2)16-22(33)32-12-10-31(11-13-32)20-5-3-4-19(15-20)24(25,26)27/h3-9,15H,10-14,16H2,1-2H3. The molecular weight excluding hydrogens is 463 g/mol. The average Bonchev–Trinajstić information content (AvgIpc) is 3.29. The van der Waals surface area contributed by atoms with Crippen LogP contribution in [-0.4, -0.2) is 59.9 Å². The van der Waals surface area contributed by atoms with E-state index in [1.807, 2.05) is 18.9 Å². The fraction of sp³-hybridized carbons (Fsp3) is 0.375. The van der Waals surface area contributed by atoms with E-state index < -0.39 is 11.7 Å². The molecule has 1 aromatic heterocycles. The van der Waals surface area contributed by atoms with Crippen LogP contribution in [0.3, 0.4) is 0 Å². The molecule has 1 aliphatic heterocycles. The topological polar surface area (TPSA) is 52.6 Å². The highest BCUT2D eigenvalue weighted by Crippen LogP contribution is 2.32. The Bertz CT molecular complexity index is 1120. The van der Waals surface area contributed by atoms with Crippen molar-refractivity contribution >= 4 is 28.3 Å². The minimum absolute atomic E-state index is 0.0403. The third-order valence-electron chi connectivity index (χ3n) is 5.81. The van der Waals surface area contributed by atoms with Gasteiger partial charge in [-0.2, -0.15) is 17.5 Å². The molecule has 180 valence electrons. The van der Waals surface area contributed by atoms with Gasteiger partial charge >= 0.3 is 6.18 Å². The Kier molecular flexibility index (Phi) is 7.06. The Labute approximate surface area is 200 Å². The number of carbonyl (C=O) groups excluding carboxylic acids is 1. The van der Waals surface area contributed by atoms with Gasteiger partial charge in [-0.1, -0.05) is 35.9 Å². The molecule has 0 unspecified atom stereocenters. The van der Waals surface area contributed by atoms with E-state index in [1.165, 1.54) is 23.2 Å². The molecule has 34 heavy (non-hydrogen) atoms. The summed E-state index contributed by atoms with van der Waals surface area (Å²) in [6.45, 7) is 4.09. The zero-order chi connectivity index (χ0) is 24.3. The Balaban J connectivity index is 1.29. The summed E-state index contributed by atoms with van der Waals surface area (Å²) in [5.74, 6) is 0.680. The van der Waals surface area contributed by atoms with E-state index in [2.05, 4.69) is 33.6 Å². The molecule has 0 radical (unpaired) electrons. The number of likely N-dealkylation sites (N-methyl/N-ethyl adjacent to an activating group) is 1. The number of benzene rings is 2. The number of amides is 1. The van der Waals surface area contributed by atoms with Crippen molar-refractivity contribution in [3.05, 3.63) is 71.0 Å². The Hall–Kier alpha value is -3.14. The predicted molar refractivity (Wildman–Crippen MR) is 127 cm³/mol. The third kappa shape index (κ3) is 5.85. The predicted octanol–water partition coefficient (Wildman–Crippen LogP) is 4.24. The number of nitrogens with zero attached hydrogens (tertiary/aromatic N) is 5. The molecule has 2 heterocycles. The highest BCUT2D eigenvalue weighted by atomic mass is 32.1. The van der Waals surface area contributed by atoms with Gasteiger partial charge in [-0.3, -0.25) is 4.79 Å². The molecular formula is C24H26F3N5OS. The van der Waals surface area contributed by atoms with Crippen LogP contribution in [0, 0.1) is 6.92 Å². The summed E-state index contributed by atoms with van der Waals surface area (Å²) in [5.41, 5.74) is 2.19. The number of alkyl halides is 3. The maximum absolute atomic E-state index is 13.0. The van der Waals surface area contributed by atoms with Gasteiger partial charge in [-0.25, -0.2) is 4.98 Å². The molecule has 6 nitrogen and oxygen atoms in total. The molecule has 0 aliphatic carbocycles. The molecule has 1 amide bonds. The van der Waals surface area contributed by atoms with Crippen molar-refractivity contribution in [2.45, 2.75) is 19.5 Å². The maximum atomic E-state index is 13.0. The highest BCUT2D eigenvalue weighted by molar-refractivity contribution is 7.09. The van der Waals surface area contributed by atoms with Crippen LogP contribution in [0.2, 0.25) is 0 Å². The largest absolute Gasteiger partial charge is 0.416 e. The van der Waals surface area contributed by atoms with Gasteiger partial charge < -0.3 is 14.7 Å². The quantitative estimate of drug-likeness (QED) is 0.519. The Morgan fingerprint density at radius 1 is 1.09 bits per heavy atom. The number of piperazine rings is 1. The first-order valence-corrected chi connectivity index (χ1v) is 11.8. The molecule has 0 N–H and O–H groups in total. The zero-order valence-electron chi connectivity index (χ0n) is 19.0. The Morgan fingerprint density at radius 2 is 1.79 bits per heavy atom. The smallest absolute Gasteiger partial charge is 0.368 e. The van der Waals surface area contributed by atoms with Gasteiger partial charge in [-0.05, 0) is 30.7 Å². The van der Waals surface area contributed by atoms with E-state index in [4.69, 9.17) is 0 Å². The van der Waals surface area contributed by atoms with E-state index in [9.17, 15) is 18.0 Å². The van der Waals surface area contributed by atoms with Crippen LogP contribution in [-0.2, 0) is 17.4 Å². The van der Waals surface area contributed by atoms with Crippen molar-refractivity contribution in [2.75, 3.05) is 49.6 Å². The van der Waals surface area contributed by atoms with Crippen molar-refractivity contribution in [3.8, 4) is 0 Å². The van der Waals surface area contributed by atoms with Crippen LogP contribution >= 0.6 is 11.5 Å². The highest BCUT2D eigenvalue weighted by Gasteiger charge is 2.31. The summed E-state index contributed by atoms with van der Waals surface area (Å²) in [4.78, 5) is 22.8. The molecule has 0 atom stereocenters. The molecule has 0 spiro atoms. The second-order valence-electron chi connectivity index (χ2n) is 8.43. The van der Waals surface area contributed by atoms with Crippen LogP contribution in [0.5, 0.6) is 0 Å². The molecule has 1 saturated heterocycles. The summed E-state index contributed by atoms with van der Waals surface area (Å²) < 4.78 is 43.4. The van der Waals surface area contributed by atoms with Crippen molar-refractivity contribution in [1.82, 2.24) is 14.3 Å². The number of anilines is 2.